The van der Waals surface area contributed by atoms with Gasteiger partial charge in [-0.15, -0.1) is 24.8 Å². The van der Waals surface area contributed by atoms with E-state index in [0.717, 1.165) is 45.3 Å². The van der Waals surface area contributed by atoms with E-state index >= 15 is 0 Å². The molecule has 0 aromatic heterocycles. The lowest BCUT2D eigenvalue weighted by Gasteiger charge is -2.33. The molecule has 2 unspecified atom stereocenters. The van der Waals surface area contributed by atoms with Crippen molar-refractivity contribution in [2.24, 2.45) is 5.92 Å². The molecule has 3 aliphatic rings. The molecule has 0 aliphatic carbocycles. The minimum atomic E-state index is 0. The standard InChI is InChI=1S/C22H33N3O.2ClH/c26-22(16-18-14-20-6-7-21(15-18)23-20)24-19-9-12-25(13-10-19)11-8-17-4-2-1-3-5-17;;/h1-5,18-21,23H,6-16H2,(H,24,26);2*1H. The summed E-state index contributed by atoms with van der Waals surface area (Å²) < 4.78 is 0. The minimum absolute atomic E-state index is 0. The van der Waals surface area contributed by atoms with Crippen LogP contribution < -0.4 is 10.6 Å². The van der Waals surface area contributed by atoms with Crippen LogP contribution in [0.2, 0.25) is 0 Å². The van der Waals surface area contributed by atoms with Crippen LogP contribution in [0.25, 0.3) is 0 Å². The smallest absolute Gasteiger partial charge is 0.220 e. The molecule has 158 valence electrons. The van der Waals surface area contributed by atoms with Crippen molar-refractivity contribution in [2.45, 2.75) is 69.5 Å². The molecule has 2 bridgehead atoms. The lowest BCUT2D eigenvalue weighted by Crippen LogP contribution is -2.46. The average Bonchev–Trinajstić information content (AvgIpc) is 3.00. The molecule has 0 radical (unpaired) electrons. The van der Waals surface area contributed by atoms with Crippen LogP contribution in [-0.4, -0.2) is 48.6 Å². The van der Waals surface area contributed by atoms with Gasteiger partial charge in [0.2, 0.25) is 5.91 Å². The van der Waals surface area contributed by atoms with Crippen LogP contribution in [0.1, 0.15) is 50.5 Å². The largest absolute Gasteiger partial charge is 0.353 e. The Kier molecular flexibility index (Phi) is 9.55. The Hall–Kier alpha value is -0.810. The second-order valence-electron chi connectivity index (χ2n) is 8.60. The molecule has 1 amide bonds. The number of nitrogens with one attached hydrogen (secondary N) is 2. The van der Waals surface area contributed by atoms with Crippen molar-refractivity contribution in [1.29, 1.82) is 0 Å². The van der Waals surface area contributed by atoms with E-state index < -0.39 is 0 Å². The molecule has 4 nitrogen and oxygen atoms in total. The molecule has 3 aliphatic heterocycles. The molecule has 6 heteroatoms. The predicted molar refractivity (Wildman–Crippen MR) is 120 cm³/mol. The van der Waals surface area contributed by atoms with Crippen molar-refractivity contribution in [1.82, 2.24) is 15.5 Å². The highest BCUT2D eigenvalue weighted by atomic mass is 35.5. The summed E-state index contributed by atoms with van der Waals surface area (Å²) in [6, 6.07) is 12.5. The van der Waals surface area contributed by atoms with Gasteiger partial charge in [0, 0.05) is 44.2 Å². The number of likely N-dealkylation sites (tertiary alicyclic amines) is 1. The Bertz CT molecular complexity index is 581. The summed E-state index contributed by atoms with van der Waals surface area (Å²) in [5.41, 5.74) is 1.42. The summed E-state index contributed by atoms with van der Waals surface area (Å²) in [5.74, 6) is 0.888. The zero-order valence-electron chi connectivity index (χ0n) is 16.6. The van der Waals surface area contributed by atoms with Gasteiger partial charge in [0.05, 0.1) is 0 Å². The number of hydrogen-bond donors (Lipinski definition) is 2. The SMILES string of the molecule is Cl.Cl.O=C(CC1CC2CCC(C1)N2)NC1CCN(CCc2ccccc2)CC1. The van der Waals surface area contributed by atoms with Crippen LogP contribution >= 0.6 is 24.8 Å². The van der Waals surface area contributed by atoms with Gasteiger partial charge in [-0.05, 0) is 56.4 Å². The predicted octanol–water partition coefficient (Wildman–Crippen LogP) is 3.57. The first-order chi connectivity index (χ1) is 12.7. The highest BCUT2D eigenvalue weighted by Gasteiger charge is 2.34. The summed E-state index contributed by atoms with van der Waals surface area (Å²) in [6.45, 7) is 3.34. The third kappa shape index (κ3) is 6.62. The number of carbonyl (C=O) groups excluding carboxylic acids is 1. The van der Waals surface area contributed by atoms with E-state index in [-0.39, 0.29) is 24.8 Å². The molecule has 2 atom stereocenters. The fraction of sp³-hybridized carbons (Fsp3) is 0.682. The summed E-state index contributed by atoms with van der Waals surface area (Å²) in [5, 5.41) is 6.99. The van der Waals surface area contributed by atoms with E-state index in [1.807, 2.05) is 0 Å². The third-order valence-corrected chi connectivity index (χ3v) is 6.56. The topological polar surface area (TPSA) is 44.4 Å². The molecule has 3 fully saturated rings. The molecular weight excluding hydrogens is 393 g/mol. The highest BCUT2D eigenvalue weighted by molar-refractivity contribution is 5.85. The molecular formula is C22H35Cl2N3O. The molecule has 28 heavy (non-hydrogen) atoms. The first-order valence-electron chi connectivity index (χ1n) is 10.6. The van der Waals surface area contributed by atoms with E-state index in [4.69, 9.17) is 0 Å². The van der Waals surface area contributed by atoms with Gasteiger partial charge in [-0.3, -0.25) is 4.79 Å². The Labute approximate surface area is 182 Å². The van der Waals surface area contributed by atoms with Crippen molar-refractivity contribution in [3.05, 3.63) is 35.9 Å². The molecule has 3 saturated heterocycles. The first kappa shape index (κ1) is 23.5. The van der Waals surface area contributed by atoms with E-state index in [1.54, 1.807) is 0 Å². The zero-order chi connectivity index (χ0) is 17.8. The minimum Gasteiger partial charge on any atom is -0.353 e. The maximum Gasteiger partial charge on any atom is 0.220 e. The number of rotatable bonds is 6. The summed E-state index contributed by atoms with van der Waals surface area (Å²) in [4.78, 5) is 15.0. The number of halogens is 2. The maximum atomic E-state index is 12.5. The number of fused-ring (bicyclic) bond motifs is 2. The molecule has 4 rings (SSSR count). The Morgan fingerprint density at radius 2 is 1.64 bits per heavy atom. The molecule has 3 heterocycles. The van der Waals surface area contributed by atoms with Gasteiger partial charge in [-0.2, -0.15) is 0 Å². The van der Waals surface area contributed by atoms with Gasteiger partial charge >= 0.3 is 0 Å². The average molecular weight is 428 g/mol. The fourth-order valence-electron chi connectivity index (χ4n) is 5.12. The normalized spacial score (nSPS) is 27.5. The lowest BCUT2D eigenvalue weighted by molar-refractivity contribution is -0.123. The second-order valence-corrected chi connectivity index (χ2v) is 8.60. The second kappa shape index (κ2) is 11.4. The number of amides is 1. The lowest BCUT2D eigenvalue weighted by atomic mass is 9.89. The molecule has 0 saturated carbocycles. The van der Waals surface area contributed by atoms with Crippen molar-refractivity contribution in [3.63, 3.8) is 0 Å². The summed E-state index contributed by atoms with van der Waals surface area (Å²) in [6.07, 6.45) is 9.06. The van der Waals surface area contributed by atoms with Crippen LogP contribution in [0, 0.1) is 5.92 Å². The van der Waals surface area contributed by atoms with Crippen LogP contribution in [0.3, 0.4) is 0 Å². The van der Waals surface area contributed by atoms with Crippen molar-refractivity contribution < 1.29 is 4.79 Å². The van der Waals surface area contributed by atoms with Gasteiger partial charge < -0.3 is 15.5 Å². The monoisotopic (exact) mass is 427 g/mol. The van der Waals surface area contributed by atoms with Crippen molar-refractivity contribution in [2.75, 3.05) is 19.6 Å². The molecule has 2 N–H and O–H groups in total. The van der Waals surface area contributed by atoms with E-state index in [2.05, 4.69) is 45.9 Å². The van der Waals surface area contributed by atoms with Gasteiger partial charge in [0.1, 0.15) is 0 Å². The van der Waals surface area contributed by atoms with Crippen LogP contribution in [0.4, 0.5) is 0 Å². The van der Waals surface area contributed by atoms with E-state index in [9.17, 15) is 4.79 Å². The van der Waals surface area contributed by atoms with Crippen molar-refractivity contribution in [3.8, 4) is 0 Å². The quantitative estimate of drug-likeness (QED) is 0.728. The van der Waals surface area contributed by atoms with Crippen LogP contribution in [-0.2, 0) is 11.2 Å². The first-order valence-corrected chi connectivity index (χ1v) is 10.6. The maximum absolute atomic E-state index is 12.5. The third-order valence-electron chi connectivity index (χ3n) is 6.56. The number of hydrogen-bond acceptors (Lipinski definition) is 3. The van der Waals surface area contributed by atoms with Crippen LogP contribution in [0.15, 0.2) is 30.3 Å². The zero-order valence-corrected chi connectivity index (χ0v) is 18.3. The van der Waals surface area contributed by atoms with E-state index in [1.165, 1.54) is 31.2 Å². The van der Waals surface area contributed by atoms with Gasteiger partial charge in [0.15, 0.2) is 0 Å². The highest BCUT2D eigenvalue weighted by Crippen LogP contribution is 2.32. The van der Waals surface area contributed by atoms with Crippen LogP contribution in [0.5, 0.6) is 0 Å². The van der Waals surface area contributed by atoms with Crippen molar-refractivity contribution >= 4 is 30.7 Å². The summed E-state index contributed by atoms with van der Waals surface area (Å²) in [7, 11) is 0. The number of carbonyl (C=O) groups is 1. The van der Waals surface area contributed by atoms with Gasteiger partial charge in [0.25, 0.3) is 0 Å². The fourth-order valence-corrected chi connectivity index (χ4v) is 5.12. The number of benzene rings is 1. The Balaban J connectivity index is 0.00000140. The number of nitrogens with zero attached hydrogens (tertiary/aromatic N) is 1. The van der Waals surface area contributed by atoms with Gasteiger partial charge in [-0.1, -0.05) is 30.3 Å². The Morgan fingerprint density at radius 3 is 2.29 bits per heavy atom. The molecule has 1 aromatic carbocycles. The van der Waals surface area contributed by atoms with E-state index in [0.29, 0.717) is 30.0 Å². The molecule has 1 aromatic rings. The summed E-state index contributed by atoms with van der Waals surface area (Å²) >= 11 is 0. The Morgan fingerprint density at radius 1 is 1.00 bits per heavy atom. The number of piperidine rings is 2. The van der Waals surface area contributed by atoms with Gasteiger partial charge in [-0.25, -0.2) is 0 Å². The molecule has 0 spiro atoms.